The van der Waals surface area contributed by atoms with E-state index in [1.54, 1.807) is 0 Å². The van der Waals surface area contributed by atoms with Crippen molar-refractivity contribution in [2.24, 2.45) is 0 Å². The minimum Gasteiger partial charge on any atom is -0.391 e. The van der Waals surface area contributed by atoms with Crippen molar-refractivity contribution in [3.63, 3.8) is 0 Å². The number of likely N-dealkylation sites (N-methyl/N-ethyl adjacent to an activating group) is 1. The van der Waals surface area contributed by atoms with Crippen LogP contribution in [0.25, 0.3) is 0 Å². The van der Waals surface area contributed by atoms with Gasteiger partial charge in [-0.25, -0.2) is 0 Å². The lowest BCUT2D eigenvalue weighted by Crippen LogP contribution is -2.43. The van der Waals surface area contributed by atoms with E-state index in [4.69, 9.17) is 5.11 Å². The van der Waals surface area contributed by atoms with Crippen LogP contribution in [0.1, 0.15) is 0 Å². The van der Waals surface area contributed by atoms with Gasteiger partial charge in [-0.05, 0) is 0 Å². The predicted octanol–water partition coefficient (Wildman–Crippen LogP) is 0.450. The van der Waals surface area contributed by atoms with Crippen LogP contribution in [0, 0.1) is 0 Å². The normalized spacial score (nSPS) is 12.0. The molecular weight excluding hydrogens is 182 g/mol. The number of aliphatic hydroxyl groups is 1. The molecule has 0 spiro atoms. The average Bonchev–Trinajstić information content (AvgIpc) is 1.64. The third-order valence-electron chi connectivity index (χ3n) is 1.40. The molecule has 0 amide bonds. The zero-order valence-corrected chi connectivity index (χ0v) is 7.69. The summed E-state index contributed by atoms with van der Waals surface area (Å²) in [7, 11) is 4.22. The molecule has 0 unspecified atom stereocenters. The Morgan fingerprint density at radius 3 is 2.22 bits per heavy atom. The van der Waals surface area contributed by atoms with Crippen molar-refractivity contribution in [1.82, 2.24) is 0 Å². The second-order valence-corrected chi connectivity index (χ2v) is 3.59. The van der Waals surface area contributed by atoms with E-state index in [9.17, 15) is 0 Å². The lowest BCUT2D eigenvalue weighted by atomic mass is 10.4. The van der Waals surface area contributed by atoms with Crippen LogP contribution < -0.4 is 0 Å². The lowest BCUT2D eigenvalue weighted by molar-refractivity contribution is -0.888. The van der Waals surface area contributed by atoms with Crippen molar-refractivity contribution < 1.29 is 9.59 Å². The number of nitrogens with zero attached hydrogens (tertiary/aromatic N) is 1. The fourth-order valence-electron chi connectivity index (χ4n) is 0.611. The molecule has 0 aromatic carbocycles. The van der Waals surface area contributed by atoms with Crippen LogP contribution in [0.4, 0.5) is 0 Å². The first-order chi connectivity index (χ1) is 4.12. The third-order valence-corrected chi connectivity index (χ3v) is 1.75. The van der Waals surface area contributed by atoms with Gasteiger partial charge in [0, 0.05) is 0 Å². The molecule has 0 saturated heterocycles. The molecule has 1 N–H and O–H groups in total. The minimum absolute atomic E-state index is 0.278. The van der Waals surface area contributed by atoms with Gasteiger partial charge < -0.3 is 9.59 Å². The average molecular weight is 197 g/mol. The first kappa shape index (κ1) is 9.40. The number of aliphatic hydroxyl groups excluding tert-OH is 1. The summed E-state index contributed by atoms with van der Waals surface area (Å²) in [6.45, 7) is 2.19. The second kappa shape index (κ2) is 4.25. The Hall–Kier alpha value is 0.400. The minimum atomic E-state index is 0.278. The highest BCUT2D eigenvalue weighted by Gasteiger charge is 2.11. The lowest BCUT2D eigenvalue weighted by Gasteiger charge is -2.27. The van der Waals surface area contributed by atoms with Crippen molar-refractivity contribution in [2.75, 3.05) is 39.1 Å². The van der Waals surface area contributed by atoms with Gasteiger partial charge in [0.1, 0.15) is 6.54 Å². The highest BCUT2D eigenvalue weighted by Crippen LogP contribution is 1.96. The van der Waals surface area contributed by atoms with E-state index >= 15 is 0 Å². The van der Waals surface area contributed by atoms with Gasteiger partial charge in [0.05, 0.1) is 32.6 Å². The SMILES string of the molecule is C[N+](C)(CCO)CCBr. The number of hydrogen-bond donors (Lipinski definition) is 1. The van der Waals surface area contributed by atoms with E-state index < -0.39 is 0 Å². The predicted molar refractivity (Wildman–Crippen MR) is 42.7 cm³/mol. The molecule has 0 fully saturated rings. The summed E-state index contributed by atoms with van der Waals surface area (Å²) in [6, 6.07) is 0. The Morgan fingerprint density at radius 1 is 1.33 bits per heavy atom. The van der Waals surface area contributed by atoms with Gasteiger partial charge in [-0.15, -0.1) is 0 Å². The second-order valence-electron chi connectivity index (χ2n) is 2.80. The first-order valence-corrected chi connectivity index (χ1v) is 4.23. The Kier molecular flexibility index (Phi) is 4.44. The molecule has 0 aromatic rings. The molecule has 3 heteroatoms. The zero-order valence-electron chi connectivity index (χ0n) is 6.10. The molecule has 9 heavy (non-hydrogen) atoms. The number of alkyl halides is 1. The maximum atomic E-state index is 8.60. The number of rotatable bonds is 4. The molecule has 0 saturated carbocycles. The van der Waals surface area contributed by atoms with E-state index in [1.165, 1.54) is 0 Å². The van der Waals surface area contributed by atoms with Crippen LogP contribution in [0.15, 0.2) is 0 Å². The van der Waals surface area contributed by atoms with Gasteiger partial charge in [0.25, 0.3) is 0 Å². The van der Waals surface area contributed by atoms with Crippen molar-refractivity contribution in [1.29, 1.82) is 0 Å². The van der Waals surface area contributed by atoms with Crippen molar-refractivity contribution >= 4 is 15.9 Å². The zero-order chi connectivity index (χ0) is 7.33. The summed E-state index contributed by atoms with van der Waals surface area (Å²) in [5.74, 6) is 0. The fraction of sp³-hybridized carbons (Fsp3) is 1.00. The Labute approximate surface area is 65.2 Å². The van der Waals surface area contributed by atoms with Crippen molar-refractivity contribution in [3.05, 3.63) is 0 Å². The van der Waals surface area contributed by atoms with Crippen LogP contribution in [0.3, 0.4) is 0 Å². The maximum absolute atomic E-state index is 8.60. The van der Waals surface area contributed by atoms with E-state index in [2.05, 4.69) is 30.0 Å². The quantitative estimate of drug-likeness (QED) is 0.512. The largest absolute Gasteiger partial charge is 0.391 e. The number of hydrogen-bond acceptors (Lipinski definition) is 1. The topological polar surface area (TPSA) is 20.2 Å². The number of quaternary nitrogens is 1. The smallest absolute Gasteiger partial charge is 0.102 e. The Bertz CT molecular complexity index is 67.5. The van der Waals surface area contributed by atoms with Crippen LogP contribution in [-0.2, 0) is 0 Å². The van der Waals surface area contributed by atoms with E-state index in [-0.39, 0.29) is 6.61 Å². The molecule has 0 aliphatic rings. The molecule has 0 aliphatic carbocycles. The maximum Gasteiger partial charge on any atom is 0.102 e. The van der Waals surface area contributed by atoms with Gasteiger partial charge in [0.2, 0.25) is 0 Å². The summed E-state index contributed by atoms with van der Waals surface area (Å²) < 4.78 is 0.891. The fourth-order valence-corrected chi connectivity index (χ4v) is 1.57. The van der Waals surface area contributed by atoms with Crippen molar-refractivity contribution in [2.45, 2.75) is 0 Å². The van der Waals surface area contributed by atoms with Crippen molar-refractivity contribution in [3.8, 4) is 0 Å². The molecule has 0 aliphatic heterocycles. The molecule has 0 bridgehead atoms. The highest BCUT2D eigenvalue weighted by molar-refractivity contribution is 9.09. The van der Waals surface area contributed by atoms with Crippen LogP contribution in [0.5, 0.6) is 0 Å². The summed E-state index contributed by atoms with van der Waals surface area (Å²) in [4.78, 5) is 0. The van der Waals surface area contributed by atoms with Crippen LogP contribution in [0.2, 0.25) is 0 Å². The standard InChI is InChI=1S/C6H15BrNO/c1-8(2,4-3-7)5-6-9/h9H,3-6H2,1-2H3/q+1. The molecule has 0 radical (unpaired) electrons. The summed E-state index contributed by atoms with van der Waals surface area (Å²) in [5, 5.41) is 9.60. The van der Waals surface area contributed by atoms with Gasteiger partial charge in [-0.2, -0.15) is 0 Å². The first-order valence-electron chi connectivity index (χ1n) is 3.11. The van der Waals surface area contributed by atoms with Crippen LogP contribution in [-0.4, -0.2) is 48.7 Å². The van der Waals surface area contributed by atoms with E-state index in [0.717, 1.165) is 22.9 Å². The van der Waals surface area contributed by atoms with Gasteiger partial charge in [-0.1, -0.05) is 15.9 Å². The molecular formula is C6H15BrNO+. The van der Waals surface area contributed by atoms with Gasteiger partial charge >= 0.3 is 0 Å². The Balaban J connectivity index is 3.43. The molecule has 0 atom stereocenters. The monoisotopic (exact) mass is 196 g/mol. The summed E-state index contributed by atoms with van der Waals surface area (Å²) in [6.07, 6.45) is 0. The van der Waals surface area contributed by atoms with E-state index in [1.807, 2.05) is 0 Å². The molecule has 0 aromatic heterocycles. The molecule has 0 rings (SSSR count). The third kappa shape index (κ3) is 4.88. The molecule has 56 valence electrons. The van der Waals surface area contributed by atoms with Crippen LogP contribution >= 0.6 is 15.9 Å². The summed E-state index contributed by atoms with van der Waals surface area (Å²) in [5.41, 5.74) is 0. The van der Waals surface area contributed by atoms with E-state index in [0.29, 0.717) is 0 Å². The van der Waals surface area contributed by atoms with Gasteiger partial charge in [-0.3, -0.25) is 0 Å². The molecule has 2 nitrogen and oxygen atoms in total. The van der Waals surface area contributed by atoms with Gasteiger partial charge in [0.15, 0.2) is 0 Å². The highest BCUT2D eigenvalue weighted by atomic mass is 79.9. The summed E-state index contributed by atoms with van der Waals surface area (Å²) >= 11 is 3.36. The Morgan fingerprint density at radius 2 is 1.89 bits per heavy atom. The number of halogens is 1. The molecule has 0 heterocycles.